The molecule has 0 atom stereocenters. The van der Waals surface area contributed by atoms with Gasteiger partial charge < -0.3 is 10.1 Å². The summed E-state index contributed by atoms with van der Waals surface area (Å²) in [6.45, 7) is 1.93. The van der Waals surface area contributed by atoms with Crippen LogP contribution in [0, 0.1) is 17.0 Å². The lowest BCUT2D eigenvalue weighted by molar-refractivity contribution is -0.385. The Morgan fingerprint density at radius 1 is 0.881 bits per heavy atom. The lowest BCUT2D eigenvalue weighted by Gasteiger charge is -2.07. The number of anilines is 1. The van der Waals surface area contributed by atoms with E-state index in [-0.39, 0.29) is 22.8 Å². The average Bonchev–Trinajstić information content (AvgIpc) is 2.98. The summed E-state index contributed by atoms with van der Waals surface area (Å²) in [7, 11) is 0. The SMILES string of the molecule is Cc1ccc(C(=O)Nc2ccc(C(=O)N/N=C/c3cccc([N+](=O)[O-])c3OC(=O)/C=C/c3ccc(Cl)cc3)cc2)cc1. The predicted molar refractivity (Wildman–Crippen MR) is 160 cm³/mol. The third-order valence-corrected chi connectivity index (χ3v) is 6.05. The van der Waals surface area contributed by atoms with E-state index in [2.05, 4.69) is 15.8 Å². The van der Waals surface area contributed by atoms with Gasteiger partial charge >= 0.3 is 11.7 Å². The standard InChI is InChI=1S/C31H23ClN4O6/c1-20-5-10-22(11-6-20)30(38)34-26-16-12-23(13-17-26)31(39)35-33-19-24-3-2-4-27(36(40)41)29(24)42-28(37)18-9-21-7-14-25(32)15-8-21/h2-19H,1H3,(H,34,38)(H,35,39)/b18-9+,33-19+. The van der Waals surface area contributed by atoms with E-state index in [1.165, 1.54) is 36.4 Å². The van der Waals surface area contributed by atoms with Crippen molar-refractivity contribution in [3.05, 3.63) is 140 Å². The Morgan fingerprint density at radius 2 is 1.52 bits per heavy atom. The molecular formula is C31H23ClN4O6. The number of hydrogen-bond donors (Lipinski definition) is 2. The molecule has 0 saturated carbocycles. The van der Waals surface area contributed by atoms with E-state index in [0.29, 0.717) is 21.8 Å². The number of nitrogens with zero attached hydrogens (tertiary/aromatic N) is 2. The van der Waals surface area contributed by atoms with E-state index in [1.807, 2.05) is 19.1 Å². The third kappa shape index (κ3) is 7.96. The van der Waals surface area contributed by atoms with E-state index in [1.54, 1.807) is 48.5 Å². The number of hydrazone groups is 1. The summed E-state index contributed by atoms with van der Waals surface area (Å²) in [6, 6.07) is 23.9. The summed E-state index contributed by atoms with van der Waals surface area (Å²) in [5.74, 6) is -2.05. The number of para-hydroxylation sites is 1. The summed E-state index contributed by atoms with van der Waals surface area (Å²) >= 11 is 5.86. The van der Waals surface area contributed by atoms with Gasteiger partial charge in [-0.15, -0.1) is 0 Å². The molecule has 2 amide bonds. The minimum atomic E-state index is -0.854. The molecule has 0 spiro atoms. The molecule has 0 aliphatic rings. The number of nitro groups is 1. The van der Waals surface area contributed by atoms with Crippen LogP contribution >= 0.6 is 11.6 Å². The fraction of sp³-hybridized carbons (Fsp3) is 0.0323. The number of benzene rings is 4. The number of nitro benzene ring substituents is 1. The number of carbonyl (C=O) groups is 3. The van der Waals surface area contributed by atoms with E-state index in [4.69, 9.17) is 16.3 Å². The molecule has 4 rings (SSSR count). The molecule has 4 aromatic rings. The van der Waals surface area contributed by atoms with Gasteiger partial charge in [0.1, 0.15) is 0 Å². The molecule has 0 aromatic heterocycles. The third-order valence-electron chi connectivity index (χ3n) is 5.79. The lowest BCUT2D eigenvalue weighted by Crippen LogP contribution is -2.18. The summed E-state index contributed by atoms with van der Waals surface area (Å²) in [5.41, 5.74) is 4.91. The van der Waals surface area contributed by atoms with E-state index in [0.717, 1.165) is 17.9 Å². The number of rotatable bonds is 9. The molecule has 10 nitrogen and oxygen atoms in total. The summed E-state index contributed by atoms with van der Waals surface area (Å²) in [4.78, 5) is 48.3. The Hall–Kier alpha value is -5.61. The largest absolute Gasteiger partial charge is 0.415 e. The van der Waals surface area contributed by atoms with Gasteiger partial charge in [0.2, 0.25) is 5.75 Å². The minimum Gasteiger partial charge on any atom is -0.415 e. The Balaban J connectivity index is 1.41. The van der Waals surface area contributed by atoms with Crippen LogP contribution in [0.5, 0.6) is 5.75 Å². The summed E-state index contributed by atoms with van der Waals surface area (Å²) in [5, 5.41) is 18.7. The fourth-order valence-corrected chi connectivity index (χ4v) is 3.74. The van der Waals surface area contributed by atoms with Crippen molar-refractivity contribution >= 4 is 53.0 Å². The molecule has 0 aliphatic heterocycles. The first-order valence-corrected chi connectivity index (χ1v) is 12.8. The van der Waals surface area contributed by atoms with Crippen LogP contribution < -0.4 is 15.5 Å². The van der Waals surface area contributed by atoms with Crippen molar-refractivity contribution in [1.29, 1.82) is 0 Å². The zero-order chi connectivity index (χ0) is 30.1. The number of carbonyl (C=O) groups excluding carboxylic acids is 3. The number of halogens is 1. The zero-order valence-corrected chi connectivity index (χ0v) is 22.9. The minimum absolute atomic E-state index is 0.0897. The first-order chi connectivity index (χ1) is 20.2. The Morgan fingerprint density at radius 3 is 2.19 bits per heavy atom. The number of nitrogens with one attached hydrogen (secondary N) is 2. The van der Waals surface area contributed by atoms with E-state index < -0.39 is 22.5 Å². The lowest BCUT2D eigenvalue weighted by atomic mass is 10.1. The van der Waals surface area contributed by atoms with Gasteiger partial charge in [0.05, 0.1) is 11.1 Å². The Kier molecular flexibility index (Phi) is 9.54. The van der Waals surface area contributed by atoms with Gasteiger partial charge in [-0.1, -0.05) is 47.5 Å². The number of ether oxygens (including phenoxy) is 1. The maximum atomic E-state index is 12.6. The number of esters is 1. The van der Waals surface area contributed by atoms with E-state index in [9.17, 15) is 24.5 Å². The molecule has 0 bridgehead atoms. The van der Waals surface area contributed by atoms with Gasteiger partial charge in [-0.3, -0.25) is 19.7 Å². The van der Waals surface area contributed by atoms with Crippen molar-refractivity contribution in [1.82, 2.24) is 5.43 Å². The second kappa shape index (κ2) is 13.6. The van der Waals surface area contributed by atoms with Crippen molar-refractivity contribution < 1.29 is 24.0 Å². The van der Waals surface area contributed by atoms with Crippen molar-refractivity contribution in [3.63, 3.8) is 0 Å². The van der Waals surface area contributed by atoms with Gasteiger partial charge in [-0.2, -0.15) is 5.10 Å². The maximum Gasteiger partial charge on any atom is 0.336 e. The first kappa shape index (κ1) is 29.4. The van der Waals surface area contributed by atoms with E-state index >= 15 is 0 Å². The summed E-state index contributed by atoms with van der Waals surface area (Å²) < 4.78 is 5.28. The van der Waals surface area contributed by atoms with Crippen LogP contribution in [0.3, 0.4) is 0 Å². The molecule has 0 fully saturated rings. The topological polar surface area (TPSA) is 140 Å². The molecule has 210 valence electrons. The smallest absolute Gasteiger partial charge is 0.336 e. The molecule has 4 aromatic carbocycles. The highest BCUT2D eigenvalue weighted by Crippen LogP contribution is 2.30. The second-order valence-electron chi connectivity index (χ2n) is 8.86. The van der Waals surface area contributed by atoms with Gasteiger partial charge in [-0.05, 0) is 73.2 Å². The van der Waals surface area contributed by atoms with Crippen molar-refractivity contribution in [2.24, 2.45) is 5.10 Å². The number of aryl methyl sites for hydroxylation is 1. The van der Waals surface area contributed by atoms with Gasteiger partial charge in [0.15, 0.2) is 0 Å². The van der Waals surface area contributed by atoms with Gasteiger partial charge in [0, 0.05) is 39.5 Å². The second-order valence-corrected chi connectivity index (χ2v) is 9.29. The van der Waals surface area contributed by atoms with Crippen LogP contribution in [0.15, 0.2) is 102 Å². The highest BCUT2D eigenvalue weighted by molar-refractivity contribution is 6.30. The maximum absolute atomic E-state index is 12.6. The van der Waals surface area contributed by atoms with Gasteiger partial charge in [0.25, 0.3) is 11.8 Å². The Bertz CT molecular complexity index is 1680. The van der Waals surface area contributed by atoms with Crippen molar-refractivity contribution in [2.45, 2.75) is 6.92 Å². The monoisotopic (exact) mass is 582 g/mol. The van der Waals surface area contributed by atoms with Crippen LogP contribution in [0.25, 0.3) is 6.08 Å². The molecule has 0 aliphatic carbocycles. The fourth-order valence-electron chi connectivity index (χ4n) is 3.61. The number of hydrogen-bond acceptors (Lipinski definition) is 7. The highest BCUT2D eigenvalue weighted by Gasteiger charge is 2.20. The van der Waals surface area contributed by atoms with Gasteiger partial charge in [-0.25, -0.2) is 10.2 Å². The molecule has 2 N–H and O–H groups in total. The average molecular weight is 583 g/mol. The van der Waals surface area contributed by atoms with Crippen molar-refractivity contribution in [3.8, 4) is 5.75 Å². The van der Waals surface area contributed by atoms with Crippen LogP contribution in [0.4, 0.5) is 11.4 Å². The normalized spacial score (nSPS) is 10.9. The first-order valence-electron chi connectivity index (χ1n) is 12.4. The summed E-state index contributed by atoms with van der Waals surface area (Å²) in [6.07, 6.45) is 3.72. The van der Waals surface area contributed by atoms with Crippen molar-refractivity contribution in [2.75, 3.05) is 5.32 Å². The van der Waals surface area contributed by atoms with Crippen LogP contribution in [0.2, 0.25) is 5.02 Å². The molecule has 42 heavy (non-hydrogen) atoms. The number of amides is 2. The van der Waals surface area contributed by atoms with Crippen LogP contribution in [-0.4, -0.2) is 28.9 Å². The Labute approximate surface area is 245 Å². The quantitative estimate of drug-likeness (QED) is 0.0602. The van der Waals surface area contributed by atoms with Crippen LogP contribution in [0.1, 0.15) is 37.4 Å². The predicted octanol–water partition coefficient (Wildman–Crippen LogP) is 6.19. The molecule has 0 saturated heterocycles. The molecule has 11 heteroatoms. The highest BCUT2D eigenvalue weighted by atomic mass is 35.5. The molecule has 0 radical (unpaired) electrons. The molecule has 0 heterocycles. The van der Waals surface area contributed by atoms with Crippen LogP contribution in [-0.2, 0) is 4.79 Å². The zero-order valence-electron chi connectivity index (χ0n) is 22.1. The molecular weight excluding hydrogens is 560 g/mol. The molecule has 0 unspecified atom stereocenters.